The highest BCUT2D eigenvalue weighted by Gasteiger charge is 2.30. The molecule has 1 aliphatic rings. The predicted octanol–water partition coefficient (Wildman–Crippen LogP) is 2.35. The fraction of sp³-hybridized carbons (Fsp3) is 0.471. The molecule has 1 atom stereocenters. The lowest BCUT2D eigenvalue weighted by atomic mass is 10.1. The van der Waals surface area contributed by atoms with E-state index >= 15 is 0 Å². The number of nitrogens with zero attached hydrogens (tertiary/aromatic N) is 1. The van der Waals surface area contributed by atoms with Crippen LogP contribution in [0.1, 0.15) is 40.5 Å². The van der Waals surface area contributed by atoms with Gasteiger partial charge in [-0.3, -0.25) is 19.7 Å². The highest BCUT2D eigenvalue weighted by Crippen LogP contribution is 2.24. The molecule has 0 saturated carbocycles. The molecule has 1 aliphatic heterocycles. The minimum Gasteiger partial charge on any atom is -0.332 e. The van der Waals surface area contributed by atoms with Crippen LogP contribution in [0.4, 0.5) is 0 Å². The molecule has 1 rings (SSSR count). The van der Waals surface area contributed by atoms with Crippen molar-refractivity contribution >= 4 is 18.2 Å². The first kappa shape index (κ1) is 19.8. The highest BCUT2D eigenvalue weighted by molar-refractivity contribution is 6.00. The maximum Gasteiger partial charge on any atom is 0.254 e. The highest BCUT2D eigenvalue weighted by atomic mass is 16.2. The van der Waals surface area contributed by atoms with E-state index < -0.39 is 0 Å². The van der Waals surface area contributed by atoms with E-state index in [4.69, 9.17) is 0 Å². The van der Waals surface area contributed by atoms with Gasteiger partial charge in [-0.05, 0) is 25.8 Å². The molecule has 5 heteroatoms. The molecule has 122 valence electrons. The van der Waals surface area contributed by atoms with Crippen LogP contribution in [0, 0.1) is 0 Å². The lowest BCUT2D eigenvalue weighted by Crippen LogP contribution is -2.36. The molecular formula is C17H26N2O3. The summed E-state index contributed by atoms with van der Waals surface area (Å²) in [5.41, 5.74) is 1.56. The first-order valence-electron chi connectivity index (χ1n) is 7.57. The molecule has 1 heterocycles. The van der Waals surface area contributed by atoms with Crippen LogP contribution in [-0.2, 0) is 14.4 Å². The van der Waals surface area contributed by atoms with Crippen molar-refractivity contribution in [1.29, 1.82) is 0 Å². The number of rotatable bonds is 7. The third-order valence-electron chi connectivity index (χ3n) is 3.30. The Balaban J connectivity index is 0.00000211. The summed E-state index contributed by atoms with van der Waals surface area (Å²) in [4.78, 5) is 35.4. The van der Waals surface area contributed by atoms with Crippen LogP contribution < -0.4 is 5.32 Å². The van der Waals surface area contributed by atoms with Gasteiger partial charge in [0.2, 0.25) is 12.3 Å². The summed E-state index contributed by atoms with van der Waals surface area (Å²) in [5.74, 6) is -0.370. The summed E-state index contributed by atoms with van der Waals surface area (Å²) in [6, 6.07) is -0.0717. The molecule has 0 spiro atoms. The fourth-order valence-electron chi connectivity index (χ4n) is 2.14. The average molecular weight is 306 g/mol. The second kappa shape index (κ2) is 10.5. The van der Waals surface area contributed by atoms with Gasteiger partial charge in [0.25, 0.3) is 5.91 Å². The SMILES string of the molecule is C=CC1=C(/C=C\C)C(=O)N(C(C)CCC(=O)NC=O)C1.CC. The molecule has 0 bridgehead atoms. The monoisotopic (exact) mass is 306 g/mol. The fourth-order valence-corrected chi connectivity index (χ4v) is 2.14. The summed E-state index contributed by atoms with van der Waals surface area (Å²) in [6.07, 6.45) is 6.40. The zero-order valence-corrected chi connectivity index (χ0v) is 13.9. The Hall–Kier alpha value is -2.17. The zero-order valence-electron chi connectivity index (χ0n) is 13.9. The molecule has 0 aromatic heterocycles. The van der Waals surface area contributed by atoms with Gasteiger partial charge in [0, 0.05) is 24.6 Å². The molecule has 22 heavy (non-hydrogen) atoms. The Morgan fingerprint density at radius 3 is 2.59 bits per heavy atom. The second-order valence-electron chi connectivity index (χ2n) is 4.65. The molecular weight excluding hydrogens is 280 g/mol. The number of carbonyl (C=O) groups excluding carboxylic acids is 3. The van der Waals surface area contributed by atoms with E-state index in [1.165, 1.54) is 0 Å². The molecule has 0 aromatic rings. The van der Waals surface area contributed by atoms with E-state index in [0.29, 0.717) is 24.9 Å². The number of imide groups is 1. The van der Waals surface area contributed by atoms with E-state index in [-0.39, 0.29) is 24.3 Å². The number of allylic oxidation sites excluding steroid dienone is 1. The molecule has 0 aliphatic carbocycles. The Kier molecular flexibility index (Phi) is 9.50. The quantitative estimate of drug-likeness (QED) is 0.734. The van der Waals surface area contributed by atoms with Crippen molar-refractivity contribution in [2.45, 2.75) is 46.6 Å². The van der Waals surface area contributed by atoms with Gasteiger partial charge in [-0.15, -0.1) is 0 Å². The second-order valence-corrected chi connectivity index (χ2v) is 4.65. The third-order valence-corrected chi connectivity index (χ3v) is 3.30. The van der Waals surface area contributed by atoms with Crippen molar-refractivity contribution in [3.63, 3.8) is 0 Å². The number of amides is 3. The summed E-state index contributed by atoms with van der Waals surface area (Å²) in [5, 5.41) is 2.09. The smallest absolute Gasteiger partial charge is 0.254 e. The first-order chi connectivity index (χ1) is 10.5. The summed E-state index contributed by atoms with van der Waals surface area (Å²) in [7, 11) is 0. The van der Waals surface area contributed by atoms with Crippen LogP contribution in [0.2, 0.25) is 0 Å². The lowest BCUT2D eigenvalue weighted by Gasteiger charge is -2.24. The maximum absolute atomic E-state index is 12.3. The Bertz CT molecular complexity index is 478. The van der Waals surface area contributed by atoms with Gasteiger partial charge in [-0.25, -0.2) is 0 Å². The Morgan fingerprint density at radius 2 is 2.09 bits per heavy atom. The Labute approximate surface area is 132 Å². The lowest BCUT2D eigenvalue weighted by molar-refractivity contribution is -0.129. The Morgan fingerprint density at radius 1 is 1.45 bits per heavy atom. The van der Waals surface area contributed by atoms with E-state index in [1.807, 2.05) is 33.8 Å². The van der Waals surface area contributed by atoms with Crippen LogP contribution in [-0.4, -0.2) is 35.7 Å². The van der Waals surface area contributed by atoms with Gasteiger partial charge in [-0.1, -0.05) is 38.7 Å². The number of carbonyl (C=O) groups is 3. The molecule has 0 radical (unpaired) electrons. The van der Waals surface area contributed by atoms with Crippen LogP contribution in [0.15, 0.2) is 36.0 Å². The normalized spacial score (nSPS) is 15.5. The standard InChI is InChI=1S/C15H20N2O3.C2H6/c1-4-6-13-12(5-2)9-17(15(13)20)11(3)7-8-14(19)16-10-18;1-2/h4-6,10-11H,2,7-9H2,1,3H3,(H,16,18,19);1-2H3/b6-4-;. The zero-order chi connectivity index (χ0) is 17.1. The summed E-state index contributed by atoms with van der Waals surface area (Å²) >= 11 is 0. The van der Waals surface area contributed by atoms with E-state index in [1.54, 1.807) is 17.1 Å². The number of nitrogens with one attached hydrogen (secondary N) is 1. The van der Waals surface area contributed by atoms with Gasteiger partial charge >= 0.3 is 0 Å². The number of hydrogen-bond acceptors (Lipinski definition) is 3. The molecule has 0 aromatic carbocycles. The molecule has 1 N–H and O–H groups in total. The van der Waals surface area contributed by atoms with Crippen molar-refractivity contribution in [1.82, 2.24) is 10.2 Å². The first-order valence-corrected chi connectivity index (χ1v) is 7.57. The van der Waals surface area contributed by atoms with E-state index in [9.17, 15) is 14.4 Å². The van der Waals surface area contributed by atoms with Crippen molar-refractivity contribution < 1.29 is 14.4 Å². The topological polar surface area (TPSA) is 66.5 Å². The van der Waals surface area contributed by atoms with E-state index in [2.05, 4.69) is 11.9 Å². The average Bonchev–Trinajstić information content (AvgIpc) is 2.84. The van der Waals surface area contributed by atoms with Gasteiger partial charge in [0.15, 0.2) is 0 Å². The van der Waals surface area contributed by atoms with E-state index in [0.717, 1.165) is 5.57 Å². The van der Waals surface area contributed by atoms with Crippen molar-refractivity contribution in [3.8, 4) is 0 Å². The summed E-state index contributed by atoms with van der Waals surface area (Å²) < 4.78 is 0. The van der Waals surface area contributed by atoms with Crippen LogP contribution >= 0.6 is 0 Å². The molecule has 0 saturated heterocycles. The van der Waals surface area contributed by atoms with Crippen molar-refractivity contribution in [2.75, 3.05) is 6.54 Å². The van der Waals surface area contributed by atoms with Gasteiger partial charge < -0.3 is 4.90 Å². The minimum absolute atomic E-state index is 0.0405. The maximum atomic E-state index is 12.3. The van der Waals surface area contributed by atoms with Crippen LogP contribution in [0.25, 0.3) is 0 Å². The van der Waals surface area contributed by atoms with Gasteiger partial charge in [0.1, 0.15) is 0 Å². The molecule has 3 amide bonds. The van der Waals surface area contributed by atoms with Gasteiger partial charge in [-0.2, -0.15) is 0 Å². The van der Waals surface area contributed by atoms with Gasteiger partial charge in [0.05, 0.1) is 0 Å². The molecule has 5 nitrogen and oxygen atoms in total. The van der Waals surface area contributed by atoms with Crippen LogP contribution in [0.3, 0.4) is 0 Å². The van der Waals surface area contributed by atoms with Crippen LogP contribution in [0.5, 0.6) is 0 Å². The molecule has 1 unspecified atom stereocenters. The third kappa shape index (κ3) is 5.31. The number of hydrogen-bond donors (Lipinski definition) is 1. The minimum atomic E-state index is -0.330. The predicted molar refractivity (Wildman–Crippen MR) is 88.0 cm³/mol. The molecule has 0 fully saturated rings. The summed E-state index contributed by atoms with van der Waals surface area (Å²) in [6.45, 7) is 12.0. The van der Waals surface area contributed by atoms with Crippen molar-refractivity contribution in [2.24, 2.45) is 0 Å². The van der Waals surface area contributed by atoms with Crippen molar-refractivity contribution in [3.05, 3.63) is 36.0 Å². The largest absolute Gasteiger partial charge is 0.332 e.